The van der Waals surface area contributed by atoms with E-state index in [9.17, 15) is 13.2 Å². The van der Waals surface area contributed by atoms with Crippen LogP contribution in [0.15, 0.2) is 0 Å². The molecule has 0 saturated heterocycles. The topological polar surface area (TPSA) is 83.5 Å². The lowest BCUT2D eigenvalue weighted by Crippen LogP contribution is -2.28. The Bertz CT molecular complexity index is 271. The van der Waals surface area contributed by atoms with Crippen molar-refractivity contribution in [3.05, 3.63) is 0 Å². The fourth-order valence-corrected chi connectivity index (χ4v) is 1.81. The Morgan fingerprint density at radius 1 is 1.43 bits per heavy atom. The number of carboxylic acid groups (broad SMARTS) is 1. The molecule has 84 valence electrons. The summed E-state index contributed by atoms with van der Waals surface area (Å²) in [5, 5.41) is 8.30. The molecule has 0 aliphatic rings. The lowest BCUT2D eigenvalue weighted by atomic mass is 10.1. The average molecular weight is 223 g/mol. The van der Waals surface area contributed by atoms with Gasteiger partial charge in [-0.3, -0.25) is 4.79 Å². The van der Waals surface area contributed by atoms with E-state index in [-0.39, 0.29) is 12.2 Å². The van der Waals surface area contributed by atoms with E-state index < -0.39 is 16.0 Å². The van der Waals surface area contributed by atoms with Crippen LogP contribution in [0.5, 0.6) is 0 Å². The Morgan fingerprint density at radius 3 is 2.43 bits per heavy atom. The van der Waals surface area contributed by atoms with Crippen molar-refractivity contribution < 1.29 is 18.3 Å². The van der Waals surface area contributed by atoms with Crippen molar-refractivity contribution in [1.29, 1.82) is 0 Å². The molecule has 0 radical (unpaired) electrons. The minimum absolute atomic E-state index is 0.347. The van der Waals surface area contributed by atoms with E-state index >= 15 is 0 Å². The first kappa shape index (κ1) is 13.4. The number of sulfonamides is 1. The molecule has 0 heterocycles. The van der Waals surface area contributed by atoms with E-state index in [1.54, 1.807) is 0 Å². The fourth-order valence-electron chi connectivity index (χ4n) is 0.797. The van der Waals surface area contributed by atoms with E-state index in [0.717, 1.165) is 6.42 Å². The lowest BCUT2D eigenvalue weighted by Gasteiger charge is -2.06. The van der Waals surface area contributed by atoms with Gasteiger partial charge in [0.15, 0.2) is 0 Å². The summed E-state index contributed by atoms with van der Waals surface area (Å²) in [5.74, 6) is -1.02. The zero-order chi connectivity index (χ0) is 11.2. The van der Waals surface area contributed by atoms with Crippen LogP contribution in [0.4, 0.5) is 0 Å². The standard InChI is InChI=1S/C8H17NO4S/c1-7(2)3-5-9-14(12,13)6-4-8(10)11/h7,9H,3-6H2,1-2H3,(H,10,11). The monoisotopic (exact) mass is 223 g/mol. The Morgan fingerprint density at radius 2 is 2.00 bits per heavy atom. The van der Waals surface area contributed by atoms with E-state index in [1.807, 2.05) is 13.8 Å². The number of nitrogens with one attached hydrogen (secondary N) is 1. The van der Waals surface area contributed by atoms with Crippen LogP contribution >= 0.6 is 0 Å². The Hall–Kier alpha value is -0.620. The second-order valence-electron chi connectivity index (χ2n) is 3.54. The molecular weight excluding hydrogens is 206 g/mol. The molecule has 0 saturated carbocycles. The largest absolute Gasteiger partial charge is 0.481 e. The molecule has 0 rings (SSSR count). The van der Waals surface area contributed by atoms with Gasteiger partial charge in [0.25, 0.3) is 0 Å². The van der Waals surface area contributed by atoms with E-state index in [4.69, 9.17) is 5.11 Å². The third kappa shape index (κ3) is 8.00. The number of carbonyl (C=O) groups is 1. The lowest BCUT2D eigenvalue weighted by molar-refractivity contribution is -0.136. The smallest absolute Gasteiger partial charge is 0.304 e. The molecule has 0 unspecified atom stereocenters. The van der Waals surface area contributed by atoms with Gasteiger partial charge in [-0.1, -0.05) is 13.8 Å². The average Bonchev–Trinajstić information content (AvgIpc) is 2.00. The minimum Gasteiger partial charge on any atom is -0.481 e. The van der Waals surface area contributed by atoms with Gasteiger partial charge in [0, 0.05) is 6.54 Å². The molecular formula is C8H17NO4S. The maximum Gasteiger partial charge on any atom is 0.304 e. The maximum absolute atomic E-state index is 11.1. The summed E-state index contributed by atoms with van der Waals surface area (Å²) in [7, 11) is -3.40. The summed E-state index contributed by atoms with van der Waals surface area (Å²) in [5.41, 5.74) is 0. The number of rotatable bonds is 7. The van der Waals surface area contributed by atoms with Crippen LogP contribution in [0, 0.1) is 5.92 Å². The van der Waals surface area contributed by atoms with Gasteiger partial charge < -0.3 is 5.11 Å². The second-order valence-corrected chi connectivity index (χ2v) is 5.47. The van der Waals surface area contributed by atoms with E-state index in [1.165, 1.54) is 0 Å². The Balaban J connectivity index is 3.79. The molecule has 0 aliphatic carbocycles. The van der Waals surface area contributed by atoms with Gasteiger partial charge in [-0.25, -0.2) is 13.1 Å². The molecule has 0 amide bonds. The second kappa shape index (κ2) is 5.98. The molecule has 0 aliphatic heterocycles. The summed E-state index contributed by atoms with van der Waals surface area (Å²) < 4.78 is 24.6. The predicted octanol–water partition coefficient (Wildman–Crippen LogP) is 0.427. The molecule has 0 atom stereocenters. The first-order valence-corrected chi connectivity index (χ1v) is 6.18. The first-order chi connectivity index (χ1) is 6.33. The Kier molecular flexibility index (Phi) is 5.71. The number of aliphatic carboxylic acids is 1. The molecule has 5 nitrogen and oxygen atoms in total. The van der Waals surface area contributed by atoms with Gasteiger partial charge in [0.05, 0.1) is 12.2 Å². The van der Waals surface area contributed by atoms with Crippen LogP contribution in [-0.2, 0) is 14.8 Å². The molecule has 0 bridgehead atoms. The molecule has 2 N–H and O–H groups in total. The summed E-state index contributed by atoms with van der Waals surface area (Å²) in [6.07, 6.45) is 0.406. The summed E-state index contributed by atoms with van der Waals surface area (Å²) in [4.78, 5) is 10.1. The SMILES string of the molecule is CC(C)CCNS(=O)(=O)CCC(=O)O. The van der Waals surface area contributed by atoms with Crippen LogP contribution in [-0.4, -0.2) is 31.8 Å². The quantitative estimate of drug-likeness (QED) is 0.655. The van der Waals surface area contributed by atoms with Crippen LogP contribution in [0.25, 0.3) is 0 Å². The van der Waals surface area contributed by atoms with Crippen molar-refractivity contribution in [3.8, 4) is 0 Å². The third-order valence-corrected chi connectivity index (χ3v) is 3.01. The zero-order valence-electron chi connectivity index (χ0n) is 8.49. The van der Waals surface area contributed by atoms with Gasteiger partial charge in [-0.15, -0.1) is 0 Å². The predicted molar refractivity (Wildman–Crippen MR) is 53.5 cm³/mol. The van der Waals surface area contributed by atoms with Gasteiger partial charge in [-0.2, -0.15) is 0 Å². The minimum atomic E-state index is -3.40. The van der Waals surface area contributed by atoms with Crippen molar-refractivity contribution in [3.63, 3.8) is 0 Å². The molecule has 0 aromatic heterocycles. The van der Waals surface area contributed by atoms with Crippen molar-refractivity contribution in [2.24, 2.45) is 5.92 Å². The highest BCUT2D eigenvalue weighted by molar-refractivity contribution is 7.89. The van der Waals surface area contributed by atoms with Crippen LogP contribution in [0.2, 0.25) is 0 Å². The molecule has 6 heteroatoms. The molecule has 0 aromatic rings. The molecule has 14 heavy (non-hydrogen) atoms. The van der Waals surface area contributed by atoms with E-state index in [0.29, 0.717) is 12.5 Å². The summed E-state index contributed by atoms with van der Waals surface area (Å²) in [6.45, 7) is 4.36. The highest BCUT2D eigenvalue weighted by Gasteiger charge is 2.11. The van der Waals surface area contributed by atoms with Gasteiger partial charge in [0.2, 0.25) is 10.0 Å². The maximum atomic E-state index is 11.1. The highest BCUT2D eigenvalue weighted by Crippen LogP contribution is 1.98. The van der Waals surface area contributed by atoms with Gasteiger partial charge in [-0.05, 0) is 12.3 Å². The molecule has 0 aromatic carbocycles. The van der Waals surface area contributed by atoms with Crippen LogP contribution in [0.3, 0.4) is 0 Å². The Labute approximate surface area is 84.6 Å². The first-order valence-electron chi connectivity index (χ1n) is 4.52. The van der Waals surface area contributed by atoms with Gasteiger partial charge >= 0.3 is 5.97 Å². The van der Waals surface area contributed by atoms with Gasteiger partial charge in [0.1, 0.15) is 0 Å². The number of hydrogen-bond donors (Lipinski definition) is 2. The number of hydrogen-bond acceptors (Lipinski definition) is 3. The van der Waals surface area contributed by atoms with Crippen molar-refractivity contribution in [2.45, 2.75) is 26.7 Å². The summed E-state index contributed by atoms with van der Waals surface area (Å²) >= 11 is 0. The van der Waals surface area contributed by atoms with E-state index in [2.05, 4.69) is 4.72 Å². The van der Waals surface area contributed by atoms with Crippen LogP contribution in [0.1, 0.15) is 26.7 Å². The molecule has 0 spiro atoms. The van der Waals surface area contributed by atoms with Crippen molar-refractivity contribution in [1.82, 2.24) is 4.72 Å². The van der Waals surface area contributed by atoms with Crippen LogP contribution < -0.4 is 4.72 Å². The highest BCUT2D eigenvalue weighted by atomic mass is 32.2. The van der Waals surface area contributed by atoms with Crippen molar-refractivity contribution in [2.75, 3.05) is 12.3 Å². The van der Waals surface area contributed by atoms with Crippen molar-refractivity contribution >= 4 is 16.0 Å². The summed E-state index contributed by atoms with van der Waals surface area (Å²) in [6, 6.07) is 0. The normalized spacial score (nSPS) is 11.9. The fraction of sp³-hybridized carbons (Fsp3) is 0.875. The zero-order valence-corrected chi connectivity index (χ0v) is 9.30. The number of carboxylic acids is 1. The molecule has 0 fully saturated rings. The third-order valence-electron chi connectivity index (χ3n) is 1.63.